The Labute approximate surface area is 125 Å². The lowest BCUT2D eigenvalue weighted by molar-refractivity contribution is -0.136. The van der Waals surface area contributed by atoms with Crippen molar-refractivity contribution in [2.45, 2.75) is 6.18 Å². The predicted octanol–water partition coefficient (Wildman–Crippen LogP) is 3.09. The minimum absolute atomic E-state index is 0.00509. The average Bonchev–Trinajstić information content (AvgIpc) is 2.39. The zero-order chi connectivity index (χ0) is 15.6. The van der Waals surface area contributed by atoms with Gasteiger partial charge in [0.1, 0.15) is 11.5 Å². The van der Waals surface area contributed by atoms with E-state index in [1.165, 1.54) is 12.3 Å². The van der Waals surface area contributed by atoms with Crippen molar-refractivity contribution in [3.05, 3.63) is 46.3 Å². The number of amides is 1. The van der Waals surface area contributed by atoms with Crippen LogP contribution in [-0.2, 0) is 6.18 Å². The maximum atomic E-state index is 12.9. The van der Waals surface area contributed by atoms with Crippen LogP contribution in [0.25, 0.3) is 0 Å². The Hall–Kier alpha value is -2.16. The van der Waals surface area contributed by atoms with Gasteiger partial charge in [0.05, 0.1) is 23.6 Å². The highest BCUT2D eigenvalue weighted by atomic mass is 79.9. The van der Waals surface area contributed by atoms with E-state index in [2.05, 4.69) is 31.2 Å². The highest BCUT2D eigenvalue weighted by Gasteiger charge is 2.34. The van der Waals surface area contributed by atoms with E-state index < -0.39 is 17.6 Å². The van der Waals surface area contributed by atoms with Crippen LogP contribution >= 0.6 is 15.9 Å². The van der Waals surface area contributed by atoms with Crippen molar-refractivity contribution in [2.75, 3.05) is 11.1 Å². The Morgan fingerprint density at radius 3 is 2.62 bits per heavy atom. The van der Waals surface area contributed by atoms with E-state index in [1.54, 1.807) is 0 Å². The number of nitrogens with two attached hydrogens (primary N) is 1. The lowest BCUT2D eigenvalue weighted by Crippen LogP contribution is -2.18. The van der Waals surface area contributed by atoms with Gasteiger partial charge in [-0.3, -0.25) is 9.78 Å². The molecule has 0 unspecified atom stereocenters. The monoisotopic (exact) mass is 360 g/mol. The third-order valence-corrected chi connectivity index (χ3v) is 2.91. The second-order valence-electron chi connectivity index (χ2n) is 3.97. The van der Waals surface area contributed by atoms with Gasteiger partial charge in [-0.05, 0) is 18.2 Å². The number of nitrogen functional groups attached to an aromatic ring is 1. The third-order valence-electron chi connectivity index (χ3n) is 2.42. The minimum Gasteiger partial charge on any atom is -0.382 e. The van der Waals surface area contributed by atoms with E-state index in [0.717, 1.165) is 18.3 Å². The zero-order valence-electron chi connectivity index (χ0n) is 10.3. The number of benzene rings is 1. The fourth-order valence-electron chi connectivity index (χ4n) is 1.54. The maximum Gasteiger partial charge on any atom is 0.418 e. The highest BCUT2D eigenvalue weighted by Crippen LogP contribution is 2.36. The molecule has 2 aromatic rings. The van der Waals surface area contributed by atoms with E-state index >= 15 is 0 Å². The van der Waals surface area contributed by atoms with Gasteiger partial charge < -0.3 is 11.1 Å². The number of halogens is 4. The summed E-state index contributed by atoms with van der Waals surface area (Å²) < 4.78 is 39.0. The smallest absolute Gasteiger partial charge is 0.382 e. The van der Waals surface area contributed by atoms with Gasteiger partial charge in [-0.25, -0.2) is 4.98 Å². The van der Waals surface area contributed by atoms with Crippen LogP contribution in [0, 0.1) is 0 Å². The number of carbonyl (C=O) groups is 1. The summed E-state index contributed by atoms with van der Waals surface area (Å²) in [5.41, 5.74) is 3.85. The number of hydrogen-bond acceptors (Lipinski definition) is 4. The molecule has 0 radical (unpaired) electrons. The molecule has 1 amide bonds. The van der Waals surface area contributed by atoms with Crippen molar-refractivity contribution in [2.24, 2.45) is 0 Å². The summed E-state index contributed by atoms with van der Waals surface area (Å²) in [5.74, 6) is -0.836. The summed E-state index contributed by atoms with van der Waals surface area (Å²) in [6.07, 6.45) is -2.27. The molecule has 0 aliphatic heterocycles. The first-order valence-electron chi connectivity index (χ1n) is 5.53. The van der Waals surface area contributed by atoms with Gasteiger partial charge in [0, 0.05) is 4.47 Å². The van der Waals surface area contributed by atoms with Crippen molar-refractivity contribution in [1.82, 2.24) is 9.97 Å². The Balaban J connectivity index is 2.34. The molecule has 0 fully saturated rings. The largest absolute Gasteiger partial charge is 0.418 e. The van der Waals surface area contributed by atoms with Crippen molar-refractivity contribution in [1.29, 1.82) is 0 Å². The molecule has 2 rings (SSSR count). The molecule has 0 bridgehead atoms. The molecular formula is C12H8BrF3N4O. The molecule has 0 aliphatic rings. The van der Waals surface area contributed by atoms with Gasteiger partial charge in [0.15, 0.2) is 0 Å². The summed E-state index contributed by atoms with van der Waals surface area (Å²) in [6, 6.07) is 3.40. The number of alkyl halides is 3. The number of aromatic nitrogens is 2. The SMILES string of the molecule is Nc1cncc(C(=O)Nc2ccc(Br)cc2C(F)(F)F)n1. The molecule has 0 saturated heterocycles. The Bertz CT molecular complexity index is 690. The molecule has 0 spiro atoms. The quantitative estimate of drug-likeness (QED) is 0.862. The molecule has 1 aromatic heterocycles. The van der Waals surface area contributed by atoms with E-state index in [-0.39, 0.29) is 21.7 Å². The van der Waals surface area contributed by atoms with E-state index in [4.69, 9.17) is 5.73 Å². The summed E-state index contributed by atoms with van der Waals surface area (Å²) in [6.45, 7) is 0. The van der Waals surface area contributed by atoms with Crippen LogP contribution in [0.3, 0.4) is 0 Å². The molecular weight excluding hydrogens is 353 g/mol. The van der Waals surface area contributed by atoms with Gasteiger partial charge in [-0.15, -0.1) is 0 Å². The molecule has 0 saturated carbocycles. The van der Waals surface area contributed by atoms with Crippen LogP contribution in [0.4, 0.5) is 24.7 Å². The molecule has 1 heterocycles. The molecule has 0 atom stereocenters. The number of rotatable bonds is 2. The molecule has 3 N–H and O–H groups in total. The molecule has 110 valence electrons. The van der Waals surface area contributed by atoms with Crippen molar-refractivity contribution in [3.8, 4) is 0 Å². The zero-order valence-corrected chi connectivity index (χ0v) is 11.9. The van der Waals surface area contributed by atoms with Crippen molar-refractivity contribution in [3.63, 3.8) is 0 Å². The van der Waals surface area contributed by atoms with E-state index in [9.17, 15) is 18.0 Å². The predicted molar refractivity (Wildman–Crippen MR) is 73.5 cm³/mol. The summed E-state index contributed by atoms with van der Waals surface area (Å²) in [7, 11) is 0. The first kappa shape index (κ1) is 15.2. The average molecular weight is 361 g/mol. The topological polar surface area (TPSA) is 80.9 Å². The molecule has 21 heavy (non-hydrogen) atoms. The highest BCUT2D eigenvalue weighted by molar-refractivity contribution is 9.10. The van der Waals surface area contributed by atoms with Gasteiger partial charge in [-0.1, -0.05) is 15.9 Å². The van der Waals surface area contributed by atoms with Crippen LogP contribution in [0.2, 0.25) is 0 Å². The Morgan fingerprint density at radius 1 is 1.29 bits per heavy atom. The van der Waals surface area contributed by atoms with Crippen LogP contribution in [0.1, 0.15) is 16.1 Å². The molecule has 0 aliphatic carbocycles. The normalized spacial score (nSPS) is 11.2. The summed E-state index contributed by atoms with van der Waals surface area (Å²) in [4.78, 5) is 19.2. The van der Waals surface area contributed by atoms with Gasteiger partial charge in [-0.2, -0.15) is 13.2 Å². The van der Waals surface area contributed by atoms with Gasteiger partial charge in [0.2, 0.25) is 0 Å². The van der Waals surface area contributed by atoms with Crippen LogP contribution in [0.15, 0.2) is 35.1 Å². The van der Waals surface area contributed by atoms with Crippen molar-refractivity contribution >= 4 is 33.3 Å². The third kappa shape index (κ3) is 3.69. The van der Waals surface area contributed by atoms with E-state index in [1.807, 2.05) is 0 Å². The van der Waals surface area contributed by atoms with E-state index in [0.29, 0.717) is 0 Å². The van der Waals surface area contributed by atoms with Crippen LogP contribution in [-0.4, -0.2) is 15.9 Å². The number of hydrogen-bond donors (Lipinski definition) is 2. The second kappa shape index (κ2) is 5.68. The van der Waals surface area contributed by atoms with Crippen LogP contribution in [0.5, 0.6) is 0 Å². The van der Waals surface area contributed by atoms with Gasteiger partial charge >= 0.3 is 6.18 Å². The second-order valence-corrected chi connectivity index (χ2v) is 4.89. The first-order chi connectivity index (χ1) is 9.77. The summed E-state index contributed by atoms with van der Waals surface area (Å²) >= 11 is 2.96. The number of nitrogens with one attached hydrogen (secondary N) is 1. The lowest BCUT2D eigenvalue weighted by Gasteiger charge is -2.14. The lowest BCUT2D eigenvalue weighted by atomic mass is 10.1. The van der Waals surface area contributed by atoms with Crippen molar-refractivity contribution < 1.29 is 18.0 Å². The van der Waals surface area contributed by atoms with Crippen LogP contribution < -0.4 is 11.1 Å². The molecule has 9 heteroatoms. The fraction of sp³-hybridized carbons (Fsp3) is 0.0833. The Morgan fingerprint density at radius 2 is 2.00 bits per heavy atom. The number of anilines is 2. The maximum absolute atomic E-state index is 12.9. The number of carbonyl (C=O) groups excluding carboxylic acids is 1. The molecule has 5 nitrogen and oxygen atoms in total. The fourth-order valence-corrected chi connectivity index (χ4v) is 1.90. The number of nitrogens with zero attached hydrogens (tertiary/aromatic N) is 2. The Kier molecular flexibility index (Phi) is 4.12. The van der Waals surface area contributed by atoms with Gasteiger partial charge in [0.25, 0.3) is 5.91 Å². The summed E-state index contributed by atoms with van der Waals surface area (Å²) in [5, 5.41) is 2.15. The molecule has 1 aromatic carbocycles. The standard InChI is InChI=1S/C12H8BrF3N4O/c13-6-1-2-8(7(3-6)12(14,15)16)20-11(21)9-4-18-5-10(17)19-9/h1-5H,(H2,17,19)(H,20,21). The first-order valence-corrected chi connectivity index (χ1v) is 6.32. The minimum atomic E-state index is -4.60.